The number of benzene rings is 2. The lowest BCUT2D eigenvalue weighted by atomic mass is 10.2. The van der Waals surface area contributed by atoms with Crippen LogP contribution in [0.15, 0.2) is 53.4 Å². The highest BCUT2D eigenvalue weighted by Gasteiger charge is 2.21. The Kier molecular flexibility index (Phi) is 6.93. The van der Waals surface area contributed by atoms with Crippen molar-refractivity contribution < 1.29 is 19.1 Å². The zero-order valence-corrected chi connectivity index (χ0v) is 17.3. The van der Waals surface area contributed by atoms with E-state index in [0.29, 0.717) is 30.0 Å². The van der Waals surface area contributed by atoms with Crippen LogP contribution >= 0.6 is 11.8 Å². The number of amides is 2. The third-order valence-electron chi connectivity index (χ3n) is 4.54. The highest BCUT2D eigenvalue weighted by Crippen LogP contribution is 2.31. The van der Waals surface area contributed by atoms with Crippen molar-refractivity contribution in [3.8, 4) is 0 Å². The largest absolute Gasteiger partial charge is 0.452 e. The molecular weight excluding hydrogens is 388 g/mol. The van der Waals surface area contributed by atoms with Gasteiger partial charge in [-0.15, -0.1) is 11.8 Å². The monoisotopic (exact) mass is 412 g/mol. The van der Waals surface area contributed by atoms with Gasteiger partial charge in [0.15, 0.2) is 6.61 Å². The number of carbonyl (C=O) groups excluding carboxylic acids is 3. The van der Waals surface area contributed by atoms with E-state index < -0.39 is 5.97 Å². The number of thioether (sulfide) groups is 1. The lowest BCUT2D eigenvalue weighted by Gasteiger charge is -2.26. The first-order valence-electron chi connectivity index (χ1n) is 9.51. The molecule has 29 heavy (non-hydrogen) atoms. The predicted molar refractivity (Wildman–Crippen MR) is 113 cm³/mol. The summed E-state index contributed by atoms with van der Waals surface area (Å²) < 4.78 is 5.26. The third-order valence-corrected chi connectivity index (χ3v) is 5.62. The molecule has 0 radical (unpaired) electrons. The Hall–Kier alpha value is -2.80. The number of rotatable bonds is 6. The molecular formula is C22H24N2O4S. The molecule has 152 valence electrons. The zero-order chi connectivity index (χ0) is 20.8. The van der Waals surface area contributed by atoms with E-state index >= 15 is 0 Å². The lowest BCUT2D eigenvalue weighted by Crippen LogP contribution is -2.39. The molecule has 0 aromatic heterocycles. The molecule has 2 aromatic rings. The number of hydrogen-bond acceptors (Lipinski definition) is 5. The van der Waals surface area contributed by atoms with E-state index in [1.54, 1.807) is 34.9 Å². The molecule has 7 heteroatoms. The predicted octanol–water partition coefficient (Wildman–Crippen LogP) is 3.71. The van der Waals surface area contributed by atoms with Crippen molar-refractivity contribution in [3.05, 3.63) is 59.7 Å². The number of fused-ring (bicyclic) bond motifs is 1. The van der Waals surface area contributed by atoms with Gasteiger partial charge in [-0.2, -0.15) is 0 Å². The van der Waals surface area contributed by atoms with E-state index in [0.717, 1.165) is 10.5 Å². The van der Waals surface area contributed by atoms with Crippen LogP contribution in [0.2, 0.25) is 0 Å². The minimum atomic E-state index is -0.590. The highest BCUT2D eigenvalue weighted by molar-refractivity contribution is 7.99. The van der Waals surface area contributed by atoms with Gasteiger partial charge >= 0.3 is 5.97 Å². The normalized spacial score (nSPS) is 13.3. The molecule has 6 nitrogen and oxygen atoms in total. The molecule has 0 bridgehead atoms. The van der Waals surface area contributed by atoms with Crippen LogP contribution in [-0.2, 0) is 20.9 Å². The first kappa shape index (κ1) is 20.9. The molecule has 1 aliphatic rings. The van der Waals surface area contributed by atoms with Gasteiger partial charge in [0.05, 0.1) is 11.3 Å². The Morgan fingerprint density at radius 1 is 1.17 bits per heavy atom. The van der Waals surface area contributed by atoms with Crippen LogP contribution < -0.4 is 5.32 Å². The SMILES string of the molecule is CC(C)N(Cc1ccccc1)C(=O)COC(=O)c1ccc2c(c1)NC(=O)CCS2. The molecule has 0 aliphatic carbocycles. The summed E-state index contributed by atoms with van der Waals surface area (Å²) in [6, 6.07) is 14.7. The smallest absolute Gasteiger partial charge is 0.338 e. The molecule has 0 atom stereocenters. The third kappa shape index (κ3) is 5.60. The van der Waals surface area contributed by atoms with E-state index in [-0.39, 0.29) is 24.5 Å². The Morgan fingerprint density at radius 2 is 1.93 bits per heavy atom. The van der Waals surface area contributed by atoms with E-state index in [1.807, 2.05) is 44.2 Å². The molecule has 0 saturated carbocycles. The fourth-order valence-electron chi connectivity index (χ4n) is 2.98. The van der Waals surface area contributed by atoms with E-state index in [4.69, 9.17) is 4.74 Å². The number of nitrogens with zero attached hydrogens (tertiary/aromatic N) is 1. The molecule has 0 spiro atoms. The Labute approximate surface area is 174 Å². The van der Waals surface area contributed by atoms with Gasteiger partial charge in [0.1, 0.15) is 0 Å². The summed E-state index contributed by atoms with van der Waals surface area (Å²) in [5, 5.41) is 2.80. The topological polar surface area (TPSA) is 75.7 Å². The Balaban J connectivity index is 1.63. The molecule has 0 saturated heterocycles. The van der Waals surface area contributed by atoms with Crippen LogP contribution in [0.25, 0.3) is 0 Å². The van der Waals surface area contributed by atoms with Crippen LogP contribution in [-0.4, -0.2) is 41.1 Å². The molecule has 2 aromatic carbocycles. The number of ether oxygens (including phenoxy) is 1. The molecule has 2 amide bonds. The van der Waals surface area contributed by atoms with Gasteiger partial charge in [-0.05, 0) is 37.6 Å². The van der Waals surface area contributed by atoms with Crippen molar-refractivity contribution in [2.75, 3.05) is 17.7 Å². The second-order valence-electron chi connectivity index (χ2n) is 7.03. The average Bonchev–Trinajstić information content (AvgIpc) is 2.90. The standard InChI is InChI=1S/C22H24N2O4S/c1-15(2)24(13-16-6-4-3-5-7-16)21(26)14-28-22(27)17-8-9-19-18(12-17)23-20(25)10-11-29-19/h3-9,12,15H,10-11,13-14H2,1-2H3,(H,23,25). The molecule has 1 aliphatic heterocycles. The summed E-state index contributed by atoms with van der Waals surface area (Å²) in [4.78, 5) is 39.4. The number of esters is 1. The fraction of sp³-hybridized carbons (Fsp3) is 0.318. The second-order valence-corrected chi connectivity index (χ2v) is 8.17. The molecule has 0 unspecified atom stereocenters. The van der Waals surface area contributed by atoms with Crippen LogP contribution in [0.5, 0.6) is 0 Å². The Morgan fingerprint density at radius 3 is 2.66 bits per heavy atom. The quantitative estimate of drug-likeness (QED) is 0.732. The van der Waals surface area contributed by atoms with Crippen molar-refractivity contribution >= 4 is 35.2 Å². The summed E-state index contributed by atoms with van der Waals surface area (Å²) >= 11 is 1.56. The molecule has 1 N–H and O–H groups in total. The van der Waals surface area contributed by atoms with Crippen LogP contribution in [0.4, 0.5) is 5.69 Å². The van der Waals surface area contributed by atoms with Crippen LogP contribution in [0, 0.1) is 0 Å². The number of hydrogen-bond donors (Lipinski definition) is 1. The highest BCUT2D eigenvalue weighted by atomic mass is 32.2. The zero-order valence-electron chi connectivity index (χ0n) is 16.5. The van der Waals surface area contributed by atoms with Crippen molar-refractivity contribution in [3.63, 3.8) is 0 Å². The maximum atomic E-state index is 12.6. The summed E-state index contributed by atoms with van der Waals surface area (Å²) in [6.45, 7) is 3.98. The second kappa shape index (κ2) is 9.60. The van der Waals surface area contributed by atoms with E-state index in [9.17, 15) is 14.4 Å². The van der Waals surface area contributed by atoms with Crippen molar-refractivity contribution in [1.29, 1.82) is 0 Å². The van der Waals surface area contributed by atoms with E-state index in [1.165, 1.54) is 0 Å². The summed E-state index contributed by atoms with van der Waals surface area (Å²) in [5.74, 6) is -0.224. The summed E-state index contributed by atoms with van der Waals surface area (Å²) in [5.41, 5.74) is 1.92. The minimum absolute atomic E-state index is 0.0267. The van der Waals surface area contributed by atoms with Gasteiger partial charge in [0.2, 0.25) is 5.91 Å². The maximum absolute atomic E-state index is 12.6. The fourth-order valence-corrected chi connectivity index (χ4v) is 3.92. The minimum Gasteiger partial charge on any atom is -0.452 e. The van der Waals surface area contributed by atoms with Gasteiger partial charge < -0.3 is 15.0 Å². The molecule has 0 fully saturated rings. The summed E-state index contributed by atoms with van der Waals surface area (Å²) in [6.07, 6.45) is 0.431. The number of carbonyl (C=O) groups is 3. The lowest BCUT2D eigenvalue weighted by molar-refractivity contribution is -0.137. The van der Waals surface area contributed by atoms with Gasteiger partial charge in [-0.3, -0.25) is 9.59 Å². The number of nitrogens with one attached hydrogen (secondary N) is 1. The average molecular weight is 413 g/mol. The first-order chi connectivity index (χ1) is 13.9. The van der Waals surface area contributed by atoms with Gasteiger partial charge in [0.25, 0.3) is 5.91 Å². The van der Waals surface area contributed by atoms with Crippen LogP contribution in [0.3, 0.4) is 0 Å². The summed E-state index contributed by atoms with van der Waals surface area (Å²) in [7, 11) is 0. The van der Waals surface area contributed by atoms with Crippen molar-refractivity contribution in [2.45, 2.75) is 37.8 Å². The first-order valence-corrected chi connectivity index (χ1v) is 10.5. The van der Waals surface area contributed by atoms with Gasteiger partial charge in [-0.25, -0.2) is 4.79 Å². The molecule has 1 heterocycles. The van der Waals surface area contributed by atoms with Crippen LogP contribution in [0.1, 0.15) is 36.2 Å². The molecule has 3 rings (SSSR count). The maximum Gasteiger partial charge on any atom is 0.338 e. The Bertz CT molecular complexity index is 899. The van der Waals surface area contributed by atoms with Crippen molar-refractivity contribution in [1.82, 2.24) is 4.90 Å². The van der Waals surface area contributed by atoms with E-state index in [2.05, 4.69) is 5.32 Å². The number of anilines is 1. The van der Waals surface area contributed by atoms with Gasteiger partial charge in [0, 0.05) is 29.7 Å². The van der Waals surface area contributed by atoms with Gasteiger partial charge in [-0.1, -0.05) is 30.3 Å². The van der Waals surface area contributed by atoms with Crippen molar-refractivity contribution in [2.24, 2.45) is 0 Å².